The third-order valence-electron chi connectivity index (χ3n) is 3.36. The average molecular weight is 252 g/mol. The Bertz CT molecular complexity index is 428. The number of aliphatic hydroxyl groups is 1. The van der Waals surface area contributed by atoms with Gasteiger partial charge in [0.05, 0.1) is 11.8 Å². The number of hydrogen-bond acceptors (Lipinski definition) is 4. The molecule has 100 valence electrons. The van der Waals surface area contributed by atoms with Gasteiger partial charge in [0.25, 0.3) is 0 Å². The van der Waals surface area contributed by atoms with Gasteiger partial charge in [0.15, 0.2) is 0 Å². The average Bonchev–Trinajstić information content (AvgIpc) is 2.87. The molecule has 1 aromatic heterocycles. The molecule has 2 rings (SSSR count). The molecule has 2 atom stereocenters. The molecule has 0 aromatic carbocycles. The highest BCUT2D eigenvalue weighted by atomic mass is 16.5. The molecule has 1 aliphatic heterocycles. The quantitative estimate of drug-likeness (QED) is 0.881. The van der Waals surface area contributed by atoms with Crippen LogP contribution < -0.4 is 0 Å². The predicted octanol–water partition coefficient (Wildman–Crippen LogP) is 1.32. The molecule has 0 aliphatic carbocycles. The molecule has 18 heavy (non-hydrogen) atoms. The molecule has 1 fully saturated rings. The first kappa shape index (κ1) is 13.1. The molecule has 0 spiro atoms. The van der Waals surface area contributed by atoms with Crippen LogP contribution in [0.3, 0.4) is 0 Å². The Balaban J connectivity index is 2.18. The van der Waals surface area contributed by atoms with E-state index < -0.39 is 6.10 Å². The Labute approximate surface area is 107 Å². The topological polar surface area (TPSA) is 66.6 Å². The van der Waals surface area contributed by atoms with Crippen LogP contribution in [0.2, 0.25) is 0 Å². The second-order valence-electron chi connectivity index (χ2n) is 5.32. The lowest BCUT2D eigenvalue weighted by Crippen LogP contribution is -2.35. The minimum absolute atomic E-state index is 0.0256. The van der Waals surface area contributed by atoms with Crippen molar-refractivity contribution in [2.45, 2.75) is 39.2 Å². The maximum absolute atomic E-state index is 12.5. The van der Waals surface area contributed by atoms with Gasteiger partial charge in [-0.25, -0.2) is 0 Å². The second kappa shape index (κ2) is 5.10. The van der Waals surface area contributed by atoms with E-state index in [1.807, 2.05) is 26.8 Å². The third-order valence-corrected chi connectivity index (χ3v) is 3.36. The van der Waals surface area contributed by atoms with Crippen LogP contribution in [0.25, 0.3) is 0 Å². The van der Waals surface area contributed by atoms with Gasteiger partial charge >= 0.3 is 0 Å². The Kier molecular flexibility index (Phi) is 3.71. The van der Waals surface area contributed by atoms with E-state index >= 15 is 0 Å². The minimum Gasteiger partial charge on any atom is -0.391 e. The van der Waals surface area contributed by atoms with Gasteiger partial charge in [0, 0.05) is 19.2 Å². The molecule has 5 heteroatoms. The van der Waals surface area contributed by atoms with Gasteiger partial charge in [-0.3, -0.25) is 4.79 Å². The van der Waals surface area contributed by atoms with Crippen molar-refractivity contribution in [1.29, 1.82) is 0 Å². The number of amides is 1. The molecule has 1 aromatic rings. The van der Waals surface area contributed by atoms with E-state index in [1.54, 1.807) is 4.90 Å². The monoisotopic (exact) mass is 252 g/mol. The standard InChI is InChI=1S/C13H20N2O3/c1-8(2)12(11-6-9(3)14-18-11)13(17)15-5-4-10(16)7-15/h6,8,10,12,16H,4-5,7H2,1-3H3/t10-,12?/m1/s1. The van der Waals surface area contributed by atoms with Crippen LogP contribution in [-0.4, -0.2) is 40.3 Å². The molecular weight excluding hydrogens is 232 g/mol. The maximum Gasteiger partial charge on any atom is 0.233 e. The number of rotatable bonds is 3. The molecule has 0 radical (unpaired) electrons. The molecule has 5 nitrogen and oxygen atoms in total. The molecule has 2 heterocycles. The zero-order valence-electron chi connectivity index (χ0n) is 11.1. The summed E-state index contributed by atoms with van der Waals surface area (Å²) < 4.78 is 5.24. The van der Waals surface area contributed by atoms with Crippen LogP contribution in [0.1, 0.15) is 37.6 Å². The second-order valence-corrected chi connectivity index (χ2v) is 5.32. The number of carbonyl (C=O) groups is 1. The van der Waals surface area contributed by atoms with Crippen molar-refractivity contribution in [2.24, 2.45) is 5.92 Å². The smallest absolute Gasteiger partial charge is 0.233 e. The normalized spacial score (nSPS) is 21.6. The zero-order valence-corrected chi connectivity index (χ0v) is 11.1. The predicted molar refractivity (Wildman–Crippen MR) is 66.0 cm³/mol. The summed E-state index contributed by atoms with van der Waals surface area (Å²) in [5, 5.41) is 13.4. The highest BCUT2D eigenvalue weighted by Gasteiger charge is 2.34. The molecule has 1 amide bonds. The van der Waals surface area contributed by atoms with E-state index in [9.17, 15) is 9.90 Å². The van der Waals surface area contributed by atoms with Crippen LogP contribution >= 0.6 is 0 Å². The summed E-state index contributed by atoms with van der Waals surface area (Å²) in [5.74, 6) is 0.477. The molecule has 1 unspecified atom stereocenters. The molecule has 0 saturated carbocycles. The Morgan fingerprint density at radius 1 is 1.61 bits per heavy atom. The Hall–Kier alpha value is -1.36. The van der Waals surface area contributed by atoms with E-state index in [-0.39, 0.29) is 17.7 Å². The van der Waals surface area contributed by atoms with Crippen molar-refractivity contribution in [1.82, 2.24) is 10.1 Å². The largest absolute Gasteiger partial charge is 0.391 e. The van der Waals surface area contributed by atoms with E-state index in [0.29, 0.717) is 25.3 Å². The highest BCUT2D eigenvalue weighted by Crippen LogP contribution is 2.28. The van der Waals surface area contributed by atoms with Gasteiger partial charge < -0.3 is 14.5 Å². The number of aromatic nitrogens is 1. The molecule has 1 N–H and O–H groups in total. The highest BCUT2D eigenvalue weighted by molar-refractivity contribution is 5.83. The van der Waals surface area contributed by atoms with Crippen LogP contribution in [0.15, 0.2) is 10.6 Å². The van der Waals surface area contributed by atoms with Crippen molar-refractivity contribution in [3.8, 4) is 0 Å². The van der Waals surface area contributed by atoms with Gasteiger partial charge in [-0.1, -0.05) is 19.0 Å². The van der Waals surface area contributed by atoms with Gasteiger partial charge in [-0.15, -0.1) is 0 Å². The number of nitrogens with zero attached hydrogens (tertiary/aromatic N) is 2. The van der Waals surface area contributed by atoms with Gasteiger partial charge in [-0.05, 0) is 19.3 Å². The van der Waals surface area contributed by atoms with Crippen molar-refractivity contribution < 1.29 is 14.4 Å². The fraction of sp³-hybridized carbons (Fsp3) is 0.692. The number of carbonyl (C=O) groups excluding carboxylic acids is 1. The Morgan fingerprint density at radius 3 is 2.78 bits per heavy atom. The number of β-amino-alcohol motifs (C(OH)–C–C–N with tert-alkyl or cyclic N) is 1. The lowest BCUT2D eigenvalue weighted by atomic mass is 9.91. The maximum atomic E-state index is 12.5. The van der Waals surface area contributed by atoms with Crippen LogP contribution in [0, 0.1) is 12.8 Å². The van der Waals surface area contributed by atoms with E-state index in [2.05, 4.69) is 5.16 Å². The van der Waals surface area contributed by atoms with E-state index in [4.69, 9.17) is 4.52 Å². The van der Waals surface area contributed by atoms with Gasteiger partial charge in [-0.2, -0.15) is 0 Å². The summed E-state index contributed by atoms with van der Waals surface area (Å²) in [5.41, 5.74) is 0.782. The lowest BCUT2D eigenvalue weighted by molar-refractivity contribution is -0.133. The third kappa shape index (κ3) is 2.56. The molecule has 0 bridgehead atoms. The summed E-state index contributed by atoms with van der Waals surface area (Å²) in [7, 11) is 0. The summed E-state index contributed by atoms with van der Waals surface area (Å²) in [6.45, 7) is 6.87. The fourth-order valence-corrected chi connectivity index (χ4v) is 2.40. The molecule has 1 saturated heterocycles. The summed E-state index contributed by atoms with van der Waals surface area (Å²) in [6, 6.07) is 1.81. The molecular formula is C13H20N2O3. The number of aryl methyl sites for hydroxylation is 1. The van der Waals surface area contributed by atoms with Crippen LogP contribution in [0.5, 0.6) is 0 Å². The van der Waals surface area contributed by atoms with Crippen molar-refractivity contribution in [3.05, 3.63) is 17.5 Å². The van der Waals surface area contributed by atoms with Crippen LogP contribution in [0.4, 0.5) is 0 Å². The van der Waals surface area contributed by atoms with E-state index in [0.717, 1.165) is 5.69 Å². The number of hydrogen-bond donors (Lipinski definition) is 1. The van der Waals surface area contributed by atoms with Crippen molar-refractivity contribution in [2.75, 3.05) is 13.1 Å². The van der Waals surface area contributed by atoms with Gasteiger partial charge in [0.2, 0.25) is 5.91 Å². The van der Waals surface area contributed by atoms with Crippen molar-refractivity contribution in [3.63, 3.8) is 0 Å². The first-order valence-electron chi connectivity index (χ1n) is 6.39. The zero-order chi connectivity index (χ0) is 13.3. The van der Waals surface area contributed by atoms with Crippen LogP contribution in [-0.2, 0) is 4.79 Å². The summed E-state index contributed by atoms with van der Waals surface area (Å²) in [4.78, 5) is 14.2. The first-order chi connectivity index (χ1) is 8.49. The first-order valence-corrected chi connectivity index (χ1v) is 6.39. The van der Waals surface area contributed by atoms with E-state index in [1.165, 1.54) is 0 Å². The number of aliphatic hydroxyl groups excluding tert-OH is 1. The SMILES string of the molecule is Cc1cc(C(C(=O)N2CC[C@@H](O)C2)C(C)C)on1. The number of likely N-dealkylation sites (tertiary alicyclic amines) is 1. The molecule has 1 aliphatic rings. The van der Waals surface area contributed by atoms with Gasteiger partial charge in [0.1, 0.15) is 11.7 Å². The fourth-order valence-electron chi connectivity index (χ4n) is 2.40. The van der Waals surface area contributed by atoms with Crippen molar-refractivity contribution >= 4 is 5.91 Å². The Morgan fingerprint density at radius 2 is 2.33 bits per heavy atom. The minimum atomic E-state index is -0.391. The summed E-state index contributed by atoms with van der Waals surface area (Å²) >= 11 is 0. The lowest BCUT2D eigenvalue weighted by Gasteiger charge is -2.23. The summed E-state index contributed by atoms with van der Waals surface area (Å²) in [6.07, 6.45) is 0.268.